The van der Waals surface area contributed by atoms with Crippen LogP contribution in [0, 0.1) is 11.8 Å². The molecule has 5 heteroatoms. The summed E-state index contributed by atoms with van der Waals surface area (Å²) in [6.45, 7) is 3.74. The number of sulfone groups is 1. The molecule has 0 unspecified atom stereocenters. The zero-order valence-electron chi connectivity index (χ0n) is 11.4. The highest BCUT2D eigenvalue weighted by Gasteiger charge is 2.53. The summed E-state index contributed by atoms with van der Waals surface area (Å²) in [5.74, 6) is -0.260. The van der Waals surface area contributed by atoms with Crippen molar-refractivity contribution in [2.45, 2.75) is 37.1 Å². The summed E-state index contributed by atoms with van der Waals surface area (Å²) >= 11 is 0. The third-order valence-electron chi connectivity index (χ3n) is 4.19. The third kappa shape index (κ3) is 2.10. The summed E-state index contributed by atoms with van der Waals surface area (Å²) in [5, 5.41) is 10.2. The van der Waals surface area contributed by atoms with E-state index in [-0.39, 0.29) is 22.8 Å². The van der Waals surface area contributed by atoms with E-state index in [4.69, 9.17) is 4.74 Å². The quantitative estimate of drug-likeness (QED) is 0.844. The second kappa shape index (κ2) is 4.69. The van der Waals surface area contributed by atoms with Gasteiger partial charge in [-0.1, -0.05) is 38.1 Å². The lowest BCUT2D eigenvalue weighted by molar-refractivity contribution is 0.0683. The van der Waals surface area contributed by atoms with Crippen LogP contribution in [-0.2, 0) is 14.6 Å². The number of ether oxygens (including phenoxy) is 1. The van der Waals surface area contributed by atoms with E-state index < -0.39 is 22.0 Å². The minimum Gasteiger partial charge on any atom is -0.392 e. The zero-order valence-corrected chi connectivity index (χ0v) is 12.2. The number of aliphatic hydroxyl groups is 1. The Morgan fingerprint density at radius 3 is 2.45 bits per heavy atom. The minimum atomic E-state index is -3.55. The third-order valence-corrected chi connectivity index (χ3v) is 6.07. The molecule has 0 bridgehead atoms. The molecule has 0 saturated carbocycles. The maximum Gasteiger partial charge on any atom is 0.205 e. The van der Waals surface area contributed by atoms with Crippen molar-refractivity contribution in [1.29, 1.82) is 0 Å². The van der Waals surface area contributed by atoms with Gasteiger partial charge in [-0.25, -0.2) is 8.42 Å². The Morgan fingerprint density at radius 2 is 1.80 bits per heavy atom. The summed E-state index contributed by atoms with van der Waals surface area (Å²) in [6.07, 6.45) is 0.476. The van der Waals surface area contributed by atoms with Crippen molar-refractivity contribution < 1.29 is 18.3 Å². The van der Waals surface area contributed by atoms with Gasteiger partial charge < -0.3 is 9.84 Å². The topological polar surface area (TPSA) is 66.9 Å². The van der Waals surface area contributed by atoms with Gasteiger partial charge in [-0.2, -0.15) is 0 Å². The number of rotatable bonds is 2. The van der Waals surface area contributed by atoms with Crippen LogP contribution < -0.4 is 0 Å². The van der Waals surface area contributed by atoms with Crippen molar-refractivity contribution in [3.05, 3.63) is 41.3 Å². The lowest BCUT2D eigenvalue weighted by Crippen LogP contribution is -2.27. The van der Waals surface area contributed by atoms with E-state index in [1.807, 2.05) is 13.8 Å². The second-order valence-electron chi connectivity index (χ2n) is 5.62. The summed E-state index contributed by atoms with van der Waals surface area (Å²) in [6, 6.07) is 8.36. The van der Waals surface area contributed by atoms with Gasteiger partial charge in [-0.05, 0) is 12.1 Å². The fourth-order valence-corrected chi connectivity index (χ4v) is 4.53. The maximum absolute atomic E-state index is 12.7. The van der Waals surface area contributed by atoms with Crippen molar-refractivity contribution in [2.75, 3.05) is 0 Å². The first-order valence-electron chi connectivity index (χ1n) is 6.78. The van der Waals surface area contributed by atoms with Crippen LogP contribution in [0.4, 0.5) is 0 Å². The Kier molecular flexibility index (Phi) is 3.23. The Labute approximate surface area is 119 Å². The smallest absolute Gasteiger partial charge is 0.205 e. The Hall–Kier alpha value is -1.17. The van der Waals surface area contributed by atoms with Crippen LogP contribution in [0.15, 0.2) is 46.2 Å². The molecule has 2 aliphatic rings. The van der Waals surface area contributed by atoms with Gasteiger partial charge >= 0.3 is 0 Å². The molecule has 1 N–H and O–H groups in total. The Morgan fingerprint density at radius 1 is 1.15 bits per heavy atom. The van der Waals surface area contributed by atoms with Gasteiger partial charge in [0.1, 0.15) is 6.10 Å². The minimum absolute atomic E-state index is 0.0604. The van der Waals surface area contributed by atoms with E-state index in [1.54, 1.807) is 36.4 Å². The molecule has 1 aliphatic heterocycles. The van der Waals surface area contributed by atoms with Gasteiger partial charge in [0.2, 0.25) is 9.84 Å². The standard InChI is InChI=1S/C15H18O4S/c1-9-8-12(15-14(19-15)10(2)13(9)16)20(17,18)11-6-4-3-5-7-11/h3-10,13-16H,1-2H3/t9-,10+,13+,14-,15+/m0/s1. The highest BCUT2D eigenvalue weighted by atomic mass is 32.2. The number of hydrogen-bond acceptors (Lipinski definition) is 4. The number of benzene rings is 1. The van der Waals surface area contributed by atoms with Gasteiger partial charge in [0.15, 0.2) is 0 Å². The molecule has 20 heavy (non-hydrogen) atoms. The van der Waals surface area contributed by atoms with Crippen LogP contribution >= 0.6 is 0 Å². The molecule has 1 aromatic carbocycles. The maximum atomic E-state index is 12.7. The molecule has 108 valence electrons. The number of aliphatic hydroxyl groups excluding tert-OH is 1. The monoisotopic (exact) mass is 294 g/mol. The van der Waals surface area contributed by atoms with E-state index in [0.717, 1.165) is 0 Å². The summed E-state index contributed by atoms with van der Waals surface area (Å²) in [4.78, 5) is 0.571. The van der Waals surface area contributed by atoms with Crippen molar-refractivity contribution in [3.8, 4) is 0 Å². The van der Waals surface area contributed by atoms with Crippen molar-refractivity contribution in [1.82, 2.24) is 0 Å². The molecule has 3 rings (SSSR count). The Bertz CT molecular complexity index is 635. The molecule has 1 saturated heterocycles. The first-order chi connectivity index (χ1) is 9.43. The lowest BCUT2D eigenvalue weighted by Gasteiger charge is -2.20. The van der Waals surface area contributed by atoms with Crippen LogP contribution in [-0.4, -0.2) is 31.8 Å². The molecule has 0 radical (unpaired) electrons. The van der Waals surface area contributed by atoms with E-state index in [0.29, 0.717) is 4.91 Å². The fraction of sp³-hybridized carbons (Fsp3) is 0.467. The molecule has 1 fully saturated rings. The molecule has 1 aliphatic carbocycles. The van der Waals surface area contributed by atoms with Crippen LogP contribution in [0.2, 0.25) is 0 Å². The summed E-state index contributed by atoms with van der Waals surface area (Å²) in [7, 11) is -3.55. The van der Waals surface area contributed by atoms with Gasteiger partial charge in [-0.3, -0.25) is 0 Å². The fourth-order valence-electron chi connectivity index (χ4n) is 2.86. The van der Waals surface area contributed by atoms with Crippen LogP contribution in [0.25, 0.3) is 0 Å². The van der Waals surface area contributed by atoms with Gasteiger partial charge in [0.25, 0.3) is 0 Å². The molecular formula is C15H18O4S. The van der Waals surface area contributed by atoms with E-state index in [1.165, 1.54) is 0 Å². The number of fused-ring (bicyclic) bond motifs is 1. The van der Waals surface area contributed by atoms with Crippen LogP contribution in [0.3, 0.4) is 0 Å². The Balaban J connectivity index is 2.04. The molecule has 0 aromatic heterocycles. The molecular weight excluding hydrogens is 276 g/mol. The van der Waals surface area contributed by atoms with Gasteiger partial charge in [0.05, 0.1) is 22.0 Å². The van der Waals surface area contributed by atoms with Crippen LogP contribution in [0.1, 0.15) is 13.8 Å². The summed E-state index contributed by atoms with van der Waals surface area (Å²) < 4.78 is 30.9. The molecule has 0 spiro atoms. The average Bonchev–Trinajstić information content (AvgIpc) is 3.23. The highest BCUT2D eigenvalue weighted by molar-refractivity contribution is 7.95. The van der Waals surface area contributed by atoms with Gasteiger partial charge in [0, 0.05) is 11.8 Å². The number of epoxide rings is 1. The molecule has 1 heterocycles. The van der Waals surface area contributed by atoms with Crippen molar-refractivity contribution >= 4 is 9.84 Å². The predicted molar refractivity (Wildman–Crippen MR) is 74.7 cm³/mol. The predicted octanol–water partition coefficient (Wildman–Crippen LogP) is 1.76. The highest BCUT2D eigenvalue weighted by Crippen LogP contribution is 2.44. The van der Waals surface area contributed by atoms with E-state index in [9.17, 15) is 13.5 Å². The zero-order chi connectivity index (χ0) is 14.5. The summed E-state index contributed by atoms with van der Waals surface area (Å²) in [5.41, 5.74) is 0. The second-order valence-corrected chi connectivity index (χ2v) is 7.57. The average molecular weight is 294 g/mol. The number of hydrogen-bond donors (Lipinski definition) is 1. The SMILES string of the molecule is C[C@@H]1[C@H](O)[C@@H](C)C=C(S(=O)(=O)c2ccccc2)[C@H]2O[C@@H]12. The van der Waals surface area contributed by atoms with E-state index in [2.05, 4.69) is 0 Å². The first kappa shape index (κ1) is 13.8. The molecule has 1 aromatic rings. The van der Waals surface area contributed by atoms with Crippen molar-refractivity contribution in [2.24, 2.45) is 11.8 Å². The lowest BCUT2D eigenvalue weighted by atomic mass is 9.93. The molecule has 0 amide bonds. The molecule has 5 atom stereocenters. The van der Waals surface area contributed by atoms with E-state index >= 15 is 0 Å². The first-order valence-corrected chi connectivity index (χ1v) is 8.26. The van der Waals surface area contributed by atoms with Gasteiger partial charge in [-0.15, -0.1) is 0 Å². The largest absolute Gasteiger partial charge is 0.392 e. The van der Waals surface area contributed by atoms with Crippen molar-refractivity contribution in [3.63, 3.8) is 0 Å². The van der Waals surface area contributed by atoms with Crippen LogP contribution in [0.5, 0.6) is 0 Å². The molecule has 4 nitrogen and oxygen atoms in total. The normalized spacial score (nSPS) is 36.8.